The predicted molar refractivity (Wildman–Crippen MR) is 147 cm³/mol. The van der Waals surface area contributed by atoms with Gasteiger partial charge in [0.05, 0.1) is 18.9 Å². The molecule has 3 aromatic rings. The van der Waals surface area contributed by atoms with Gasteiger partial charge in [0.25, 0.3) is 5.91 Å². The van der Waals surface area contributed by atoms with E-state index >= 15 is 0 Å². The van der Waals surface area contributed by atoms with Gasteiger partial charge in [-0.05, 0) is 86.7 Å². The van der Waals surface area contributed by atoms with E-state index in [1.165, 1.54) is 17.3 Å². The Morgan fingerprint density at radius 2 is 1.83 bits per heavy atom. The third-order valence-electron chi connectivity index (χ3n) is 5.76. The number of rotatable bonds is 12. The Kier molecular flexibility index (Phi) is 10.2. The monoisotopic (exact) mass is 527 g/mol. The molecule has 1 aromatic heterocycles. The molecule has 0 aliphatic heterocycles. The first-order valence-corrected chi connectivity index (χ1v) is 14.1. The molecule has 0 aliphatic carbocycles. The quantitative estimate of drug-likeness (QED) is 0.324. The highest BCUT2D eigenvalue weighted by molar-refractivity contribution is 7.99. The predicted octanol–water partition coefficient (Wildman–Crippen LogP) is 4.88. The van der Waals surface area contributed by atoms with Crippen LogP contribution in [0.4, 0.5) is 5.69 Å². The molecule has 2 N–H and O–H groups in total. The van der Waals surface area contributed by atoms with Crippen LogP contribution in [-0.2, 0) is 11.3 Å². The first kappa shape index (κ1) is 27.6. The third-order valence-corrected chi connectivity index (χ3v) is 7.38. The first-order valence-electron chi connectivity index (χ1n) is 11.7. The van der Waals surface area contributed by atoms with Gasteiger partial charge in [0.2, 0.25) is 5.91 Å². The highest BCUT2D eigenvalue weighted by Crippen LogP contribution is 2.24. The van der Waals surface area contributed by atoms with Gasteiger partial charge >= 0.3 is 0 Å². The lowest BCUT2D eigenvalue weighted by Gasteiger charge is -2.19. The summed E-state index contributed by atoms with van der Waals surface area (Å²) < 4.78 is 7.15. The molecule has 1 atom stereocenters. The molecule has 3 rings (SSSR count). The summed E-state index contributed by atoms with van der Waals surface area (Å²) in [5.74, 6) is 2.15. The standard InChI is InChI=1S/C26H33N5O3S2/c1-6-31-24(22(13-14-35-5)28-25(33)19-8-11-21(34-4)12-9-19)29-30-26(31)36-16-23(32)27-20-10-7-17(2)18(3)15-20/h7-12,15,22H,6,13-14,16H2,1-5H3,(H,27,32)(H,28,33)/t22-/m0/s1. The average molecular weight is 528 g/mol. The molecule has 36 heavy (non-hydrogen) atoms. The van der Waals surface area contributed by atoms with E-state index in [-0.39, 0.29) is 23.6 Å². The van der Waals surface area contributed by atoms with Crippen LogP contribution >= 0.6 is 23.5 Å². The second-order valence-corrected chi connectivity index (χ2v) is 10.2. The van der Waals surface area contributed by atoms with E-state index in [4.69, 9.17) is 4.74 Å². The average Bonchev–Trinajstić information content (AvgIpc) is 3.30. The Labute approximate surface area is 221 Å². The van der Waals surface area contributed by atoms with Gasteiger partial charge in [-0.1, -0.05) is 17.8 Å². The molecule has 0 radical (unpaired) electrons. The number of nitrogens with one attached hydrogen (secondary N) is 2. The lowest BCUT2D eigenvalue weighted by molar-refractivity contribution is -0.113. The number of benzene rings is 2. The topological polar surface area (TPSA) is 98.1 Å². The van der Waals surface area contributed by atoms with Crippen molar-refractivity contribution in [2.45, 2.75) is 44.9 Å². The zero-order chi connectivity index (χ0) is 26.1. The molecule has 8 nitrogen and oxygen atoms in total. The van der Waals surface area contributed by atoms with Gasteiger partial charge in [-0.25, -0.2) is 0 Å². The molecule has 0 aliphatic rings. The number of hydrogen-bond acceptors (Lipinski definition) is 7. The summed E-state index contributed by atoms with van der Waals surface area (Å²) in [6, 6.07) is 12.5. The lowest BCUT2D eigenvalue weighted by Crippen LogP contribution is -2.31. The molecule has 2 amide bonds. The molecule has 0 fully saturated rings. The van der Waals surface area contributed by atoms with Gasteiger partial charge < -0.3 is 19.9 Å². The molecule has 192 valence electrons. The van der Waals surface area contributed by atoms with Gasteiger partial charge in [-0.2, -0.15) is 11.8 Å². The first-order chi connectivity index (χ1) is 17.4. The number of methoxy groups -OCH3 is 1. The van der Waals surface area contributed by atoms with Crippen molar-refractivity contribution in [2.24, 2.45) is 0 Å². The highest BCUT2D eigenvalue weighted by Gasteiger charge is 2.23. The van der Waals surface area contributed by atoms with E-state index in [0.717, 1.165) is 17.0 Å². The van der Waals surface area contributed by atoms with Crippen molar-refractivity contribution < 1.29 is 14.3 Å². The molecule has 0 bridgehead atoms. The van der Waals surface area contributed by atoms with Crippen molar-refractivity contribution in [2.75, 3.05) is 30.2 Å². The molecule has 0 saturated heterocycles. The summed E-state index contributed by atoms with van der Waals surface area (Å²) in [4.78, 5) is 25.5. The number of hydrogen-bond donors (Lipinski definition) is 2. The maximum absolute atomic E-state index is 13.0. The molecule has 0 saturated carbocycles. The number of aryl methyl sites for hydroxylation is 2. The molecule has 0 spiro atoms. The van der Waals surface area contributed by atoms with Crippen molar-refractivity contribution >= 4 is 41.0 Å². The van der Waals surface area contributed by atoms with Crippen molar-refractivity contribution in [3.05, 3.63) is 65.0 Å². The normalized spacial score (nSPS) is 11.7. The van der Waals surface area contributed by atoms with Crippen LogP contribution in [0.2, 0.25) is 0 Å². The van der Waals surface area contributed by atoms with Gasteiger partial charge in [0.1, 0.15) is 5.75 Å². The van der Waals surface area contributed by atoms with E-state index in [1.807, 2.05) is 49.8 Å². The summed E-state index contributed by atoms with van der Waals surface area (Å²) >= 11 is 3.04. The smallest absolute Gasteiger partial charge is 0.251 e. The number of carbonyl (C=O) groups excluding carboxylic acids is 2. The van der Waals surface area contributed by atoms with Crippen molar-refractivity contribution in [1.82, 2.24) is 20.1 Å². The van der Waals surface area contributed by atoms with Crippen molar-refractivity contribution in [3.63, 3.8) is 0 Å². The number of carbonyl (C=O) groups is 2. The maximum Gasteiger partial charge on any atom is 0.251 e. The molecule has 10 heteroatoms. The van der Waals surface area contributed by atoms with Gasteiger partial charge in [0.15, 0.2) is 11.0 Å². The minimum Gasteiger partial charge on any atom is -0.497 e. The zero-order valence-electron chi connectivity index (χ0n) is 21.3. The van der Waals surface area contributed by atoms with E-state index < -0.39 is 0 Å². The zero-order valence-corrected chi connectivity index (χ0v) is 23.0. The summed E-state index contributed by atoms with van der Waals surface area (Å²) in [5, 5.41) is 15.5. The van der Waals surface area contributed by atoms with Crippen LogP contribution in [-0.4, -0.2) is 51.5 Å². The minimum absolute atomic E-state index is 0.109. The maximum atomic E-state index is 13.0. The molecule has 0 unspecified atom stereocenters. The number of thioether (sulfide) groups is 2. The molecule has 1 heterocycles. The fourth-order valence-electron chi connectivity index (χ4n) is 3.59. The van der Waals surface area contributed by atoms with Crippen LogP contribution in [0.3, 0.4) is 0 Å². The number of amides is 2. The summed E-state index contributed by atoms with van der Waals surface area (Å²) in [7, 11) is 1.59. The third kappa shape index (κ3) is 7.27. The molecule has 2 aromatic carbocycles. The van der Waals surface area contributed by atoms with E-state index in [1.54, 1.807) is 43.1 Å². The fraction of sp³-hybridized carbons (Fsp3) is 0.385. The van der Waals surface area contributed by atoms with Crippen LogP contribution in [0.15, 0.2) is 47.6 Å². The Hall–Kier alpha value is -2.98. The molecular formula is C26H33N5O3S2. The second kappa shape index (κ2) is 13.4. The minimum atomic E-state index is -0.307. The SMILES string of the molecule is CCn1c(SCC(=O)Nc2ccc(C)c(C)c2)nnc1[C@H](CCSC)NC(=O)c1ccc(OC)cc1. The summed E-state index contributed by atoms with van der Waals surface area (Å²) in [6.45, 7) is 6.68. The molecular weight excluding hydrogens is 494 g/mol. The largest absolute Gasteiger partial charge is 0.497 e. The lowest BCUT2D eigenvalue weighted by atomic mass is 10.1. The van der Waals surface area contributed by atoms with E-state index in [9.17, 15) is 9.59 Å². The van der Waals surface area contributed by atoms with Crippen LogP contribution in [0, 0.1) is 13.8 Å². The number of ether oxygens (including phenoxy) is 1. The van der Waals surface area contributed by atoms with Crippen molar-refractivity contribution in [1.29, 1.82) is 0 Å². The van der Waals surface area contributed by atoms with Crippen molar-refractivity contribution in [3.8, 4) is 5.75 Å². The fourth-order valence-corrected chi connectivity index (χ4v) is 4.87. The highest BCUT2D eigenvalue weighted by atomic mass is 32.2. The van der Waals surface area contributed by atoms with E-state index in [0.29, 0.717) is 35.3 Å². The van der Waals surface area contributed by atoms with Crippen LogP contribution in [0.25, 0.3) is 0 Å². The van der Waals surface area contributed by atoms with Crippen LogP contribution < -0.4 is 15.4 Å². The second-order valence-electron chi connectivity index (χ2n) is 8.26. The van der Waals surface area contributed by atoms with Gasteiger partial charge in [0, 0.05) is 17.8 Å². The van der Waals surface area contributed by atoms with E-state index in [2.05, 4.69) is 20.8 Å². The number of anilines is 1. The number of aromatic nitrogens is 3. The Morgan fingerprint density at radius 1 is 1.08 bits per heavy atom. The van der Waals surface area contributed by atoms with Gasteiger partial charge in [-0.15, -0.1) is 10.2 Å². The number of nitrogens with zero attached hydrogens (tertiary/aromatic N) is 3. The Morgan fingerprint density at radius 3 is 2.47 bits per heavy atom. The Balaban J connectivity index is 1.70. The Bertz CT molecular complexity index is 1180. The van der Waals surface area contributed by atoms with Crippen LogP contribution in [0.1, 0.15) is 46.7 Å². The summed E-state index contributed by atoms with van der Waals surface area (Å²) in [5.41, 5.74) is 3.63. The summed E-state index contributed by atoms with van der Waals surface area (Å²) in [6.07, 6.45) is 2.74. The van der Waals surface area contributed by atoms with Crippen LogP contribution in [0.5, 0.6) is 5.75 Å². The van der Waals surface area contributed by atoms with Gasteiger partial charge in [-0.3, -0.25) is 9.59 Å².